The molecule has 0 spiro atoms. The van der Waals surface area contributed by atoms with Crippen LogP contribution in [-0.2, 0) is 14.3 Å². The quantitative estimate of drug-likeness (QED) is 0.686. The second-order valence-electron chi connectivity index (χ2n) is 4.98. The van der Waals surface area contributed by atoms with E-state index in [9.17, 15) is 9.59 Å². The van der Waals surface area contributed by atoms with Gasteiger partial charge in [-0.1, -0.05) is 0 Å². The predicted octanol–water partition coefficient (Wildman–Crippen LogP) is 1.40. The minimum atomic E-state index is -0.492. The molecule has 0 N–H and O–H groups in total. The van der Waals surface area contributed by atoms with Crippen molar-refractivity contribution >= 4 is 12.0 Å². The molecule has 1 heterocycles. The van der Waals surface area contributed by atoms with Gasteiger partial charge in [0.25, 0.3) is 0 Å². The van der Waals surface area contributed by atoms with Crippen molar-refractivity contribution in [2.75, 3.05) is 19.7 Å². The molecule has 1 rings (SSSR count). The smallest absolute Gasteiger partial charge is 0.410 e. The number of hydrogen-bond acceptors (Lipinski definition) is 4. The normalized spacial score (nSPS) is 20.6. The molecule has 0 aromatic heterocycles. The van der Waals surface area contributed by atoms with Gasteiger partial charge >= 0.3 is 6.09 Å². The summed E-state index contributed by atoms with van der Waals surface area (Å²) in [4.78, 5) is 23.5. The molecule has 1 amide bonds. The van der Waals surface area contributed by atoms with E-state index < -0.39 is 5.60 Å². The van der Waals surface area contributed by atoms with E-state index in [1.54, 1.807) is 10.8 Å². The van der Waals surface area contributed by atoms with Gasteiger partial charge in [-0.3, -0.25) is 0 Å². The highest BCUT2D eigenvalue weighted by atomic mass is 16.6. The van der Waals surface area contributed by atoms with Crippen LogP contribution >= 0.6 is 0 Å². The predicted molar refractivity (Wildman–Crippen MR) is 62.4 cm³/mol. The Hall–Kier alpha value is -1.32. The summed E-state index contributed by atoms with van der Waals surface area (Å²) in [7, 11) is 0. The van der Waals surface area contributed by atoms with Gasteiger partial charge in [-0.25, -0.2) is 9.59 Å². The van der Waals surface area contributed by atoms with Crippen LogP contribution in [0, 0.1) is 0 Å². The van der Waals surface area contributed by atoms with Crippen LogP contribution in [0.25, 0.3) is 0 Å². The lowest BCUT2D eigenvalue weighted by Gasteiger charge is -2.33. The molecular formula is C12H19NO4. The lowest BCUT2D eigenvalue weighted by molar-refractivity contribution is -0.0405. The van der Waals surface area contributed by atoms with Gasteiger partial charge in [-0.2, -0.15) is 0 Å². The van der Waals surface area contributed by atoms with E-state index >= 15 is 0 Å². The highest BCUT2D eigenvalue weighted by Crippen LogP contribution is 2.14. The Labute approximate surface area is 101 Å². The molecule has 0 aromatic carbocycles. The van der Waals surface area contributed by atoms with Crippen molar-refractivity contribution in [3.8, 4) is 0 Å². The molecular weight excluding hydrogens is 222 g/mol. The molecule has 1 aliphatic rings. The second-order valence-corrected chi connectivity index (χ2v) is 4.98. The van der Waals surface area contributed by atoms with Crippen LogP contribution in [0.1, 0.15) is 27.2 Å². The fraction of sp³-hybridized carbons (Fsp3) is 0.750. The molecule has 1 atom stereocenters. The van der Waals surface area contributed by atoms with Crippen molar-refractivity contribution in [1.82, 2.24) is 4.90 Å². The maximum atomic E-state index is 11.8. The zero-order valence-electron chi connectivity index (χ0n) is 10.6. The minimum Gasteiger partial charge on any atom is -0.444 e. The number of rotatable bonds is 2. The first-order chi connectivity index (χ1) is 7.92. The Bertz CT molecular complexity index is 315. The number of amides is 1. The lowest BCUT2D eigenvalue weighted by atomic mass is 10.2. The molecule has 1 unspecified atom stereocenters. The molecule has 1 saturated heterocycles. The molecule has 0 saturated carbocycles. The van der Waals surface area contributed by atoms with Crippen LogP contribution in [-0.4, -0.2) is 48.3 Å². The largest absolute Gasteiger partial charge is 0.444 e. The summed E-state index contributed by atoms with van der Waals surface area (Å²) < 4.78 is 10.7. The topological polar surface area (TPSA) is 55.8 Å². The van der Waals surface area contributed by atoms with Gasteiger partial charge < -0.3 is 14.4 Å². The third kappa shape index (κ3) is 5.02. The molecule has 0 radical (unpaired) electrons. The molecule has 0 bridgehead atoms. The van der Waals surface area contributed by atoms with Crippen molar-refractivity contribution in [2.24, 2.45) is 0 Å². The summed E-state index contributed by atoms with van der Waals surface area (Å²) in [5.41, 5.74) is -0.492. The van der Waals surface area contributed by atoms with Crippen LogP contribution in [0.3, 0.4) is 0 Å². The summed E-state index contributed by atoms with van der Waals surface area (Å²) in [6.45, 7) is 6.94. The van der Waals surface area contributed by atoms with Crippen molar-refractivity contribution in [1.29, 1.82) is 0 Å². The monoisotopic (exact) mass is 241 g/mol. The number of morpholine rings is 1. The lowest BCUT2D eigenvalue weighted by Crippen LogP contribution is -2.47. The van der Waals surface area contributed by atoms with E-state index in [2.05, 4.69) is 0 Å². The van der Waals surface area contributed by atoms with E-state index in [4.69, 9.17) is 9.47 Å². The fourth-order valence-corrected chi connectivity index (χ4v) is 1.53. The first-order valence-electron chi connectivity index (χ1n) is 5.71. The Balaban J connectivity index is 2.48. The standard InChI is InChI=1S/C12H19NO4/c1-12(2,3)17-11(15)13-6-8-16-10(9-13)5-4-7-14/h4,10H,5-6,8-9H2,1-3H3. The third-order valence-corrected chi connectivity index (χ3v) is 2.25. The SMILES string of the molecule is CC(C)(C)OC(=O)N1CCOC(CC=C=O)C1. The number of ether oxygens (including phenoxy) is 2. The first kappa shape index (κ1) is 13.7. The Morgan fingerprint density at radius 1 is 1.59 bits per heavy atom. The highest BCUT2D eigenvalue weighted by Gasteiger charge is 2.27. The molecule has 17 heavy (non-hydrogen) atoms. The van der Waals surface area contributed by atoms with Crippen LogP contribution < -0.4 is 0 Å². The van der Waals surface area contributed by atoms with Gasteiger partial charge in [-0.05, 0) is 20.8 Å². The van der Waals surface area contributed by atoms with Crippen molar-refractivity contribution in [3.63, 3.8) is 0 Å². The molecule has 0 aromatic rings. The van der Waals surface area contributed by atoms with Gasteiger partial charge in [-0.15, -0.1) is 0 Å². The van der Waals surface area contributed by atoms with Crippen LogP contribution in [0.15, 0.2) is 6.08 Å². The summed E-state index contributed by atoms with van der Waals surface area (Å²) in [6.07, 6.45) is 1.38. The Kier molecular flexibility index (Phi) is 4.73. The van der Waals surface area contributed by atoms with E-state index in [1.165, 1.54) is 6.08 Å². The van der Waals surface area contributed by atoms with Crippen LogP contribution in [0.5, 0.6) is 0 Å². The fourth-order valence-electron chi connectivity index (χ4n) is 1.53. The van der Waals surface area contributed by atoms with Gasteiger partial charge in [0, 0.05) is 19.0 Å². The second kappa shape index (κ2) is 5.84. The zero-order chi connectivity index (χ0) is 12.9. The van der Waals surface area contributed by atoms with Crippen molar-refractivity contribution < 1.29 is 19.1 Å². The van der Waals surface area contributed by atoms with Crippen molar-refractivity contribution in [3.05, 3.63) is 6.08 Å². The summed E-state index contributed by atoms with van der Waals surface area (Å²) in [5.74, 6) is 1.71. The van der Waals surface area contributed by atoms with Gasteiger partial charge in [0.05, 0.1) is 19.3 Å². The maximum absolute atomic E-state index is 11.8. The molecule has 1 fully saturated rings. The molecule has 96 valence electrons. The van der Waals surface area contributed by atoms with Crippen LogP contribution in [0.4, 0.5) is 4.79 Å². The number of carbonyl (C=O) groups is 1. The average molecular weight is 241 g/mol. The van der Waals surface area contributed by atoms with Gasteiger partial charge in [0.1, 0.15) is 11.5 Å². The first-order valence-corrected chi connectivity index (χ1v) is 5.71. The number of nitrogens with zero attached hydrogens (tertiary/aromatic N) is 1. The summed E-state index contributed by atoms with van der Waals surface area (Å²) in [5, 5.41) is 0. The highest BCUT2D eigenvalue weighted by molar-refractivity contribution is 5.68. The zero-order valence-corrected chi connectivity index (χ0v) is 10.6. The number of carbonyl (C=O) groups excluding carboxylic acids is 2. The molecule has 5 nitrogen and oxygen atoms in total. The Morgan fingerprint density at radius 3 is 2.88 bits per heavy atom. The summed E-state index contributed by atoms with van der Waals surface area (Å²) in [6, 6.07) is 0. The Morgan fingerprint density at radius 2 is 2.29 bits per heavy atom. The average Bonchev–Trinajstić information content (AvgIpc) is 2.24. The molecule has 5 heteroatoms. The van der Waals surface area contributed by atoms with E-state index in [-0.39, 0.29) is 12.2 Å². The van der Waals surface area contributed by atoms with Gasteiger partial charge in [0.2, 0.25) is 0 Å². The third-order valence-electron chi connectivity index (χ3n) is 2.25. The summed E-state index contributed by atoms with van der Waals surface area (Å²) >= 11 is 0. The minimum absolute atomic E-state index is 0.141. The van der Waals surface area contributed by atoms with Crippen molar-refractivity contribution in [2.45, 2.75) is 38.9 Å². The maximum Gasteiger partial charge on any atom is 0.410 e. The molecule has 1 aliphatic heterocycles. The van der Waals surface area contributed by atoms with E-state index in [0.717, 1.165) is 0 Å². The van der Waals surface area contributed by atoms with E-state index in [0.29, 0.717) is 26.1 Å². The van der Waals surface area contributed by atoms with E-state index in [1.807, 2.05) is 20.8 Å². The molecule has 0 aliphatic carbocycles. The number of hydrogen-bond donors (Lipinski definition) is 0. The van der Waals surface area contributed by atoms with Gasteiger partial charge in [0.15, 0.2) is 0 Å². The van der Waals surface area contributed by atoms with Crippen LogP contribution in [0.2, 0.25) is 0 Å².